The molecule has 8 heteroatoms. The van der Waals surface area contributed by atoms with E-state index in [1.165, 1.54) is 0 Å². The van der Waals surface area contributed by atoms with Crippen LogP contribution < -0.4 is 0 Å². The maximum atomic E-state index is 11.1. The van der Waals surface area contributed by atoms with Gasteiger partial charge in [-0.05, 0) is 19.8 Å². The predicted octanol–water partition coefficient (Wildman–Crippen LogP) is 0.801. The van der Waals surface area contributed by atoms with Gasteiger partial charge in [-0.2, -0.15) is 16.8 Å². The molecule has 0 aliphatic rings. The van der Waals surface area contributed by atoms with Gasteiger partial charge in [-0.15, -0.1) is 0 Å². The van der Waals surface area contributed by atoms with Gasteiger partial charge in [-0.3, -0.25) is 8.74 Å². The molecule has 0 heterocycles. The monoisotopic (exact) mass is 274 g/mol. The van der Waals surface area contributed by atoms with Crippen LogP contribution in [0, 0.1) is 0 Å². The maximum absolute atomic E-state index is 11.1. The van der Waals surface area contributed by atoms with Crippen molar-refractivity contribution < 1.29 is 25.6 Å². The summed E-state index contributed by atoms with van der Waals surface area (Å²) < 4.78 is 55.8. The van der Waals surface area contributed by atoms with Gasteiger partial charge in [0.1, 0.15) is 0 Å². The molecule has 6 nitrogen and oxygen atoms in total. The summed E-state index contributed by atoms with van der Waals surface area (Å²) in [4.78, 5) is 0. The van der Waals surface area contributed by atoms with Crippen LogP contribution in [0.15, 0.2) is 0 Å². The molecular formula is C8H18O6S2. The summed E-state index contributed by atoms with van der Waals surface area (Å²) in [6.45, 7) is 1.73. The minimum Gasteiger partial charge on any atom is -0.286 e. The molecule has 0 saturated carbocycles. The van der Waals surface area contributed by atoms with Crippen LogP contribution in [0.4, 0.5) is 0 Å². The lowest BCUT2D eigenvalue weighted by Gasteiger charge is -2.02. The van der Waals surface area contributed by atoms with Gasteiger partial charge in [0.2, 0.25) is 0 Å². The number of hydrogen-bond acceptors (Lipinski definition) is 5. The zero-order chi connectivity index (χ0) is 12.7. The second-order valence-electron chi connectivity index (χ2n) is 3.37. The summed E-state index contributed by atoms with van der Waals surface area (Å²) in [7, 11) is -7.31. The van der Waals surface area contributed by atoms with Crippen molar-refractivity contribution in [2.24, 2.45) is 0 Å². The van der Waals surface area contributed by atoms with Crippen LogP contribution in [0.25, 0.3) is 0 Å². The molecule has 0 bridgehead atoms. The van der Waals surface area contributed by atoms with Crippen LogP contribution in [0.2, 0.25) is 0 Å². The number of unbranched alkanes of at least 4 members (excludes halogenated alkanes) is 3. The Hall–Kier alpha value is -0.180. The van der Waals surface area contributed by atoms with Gasteiger partial charge in [-0.1, -0.05) is 12.8 Å². The molecule has 0 aromatic rings. The Bertz CT molecular complexity index is 369. The molecule has 98 valence electrons. The third-order valence-corrected chi connectivity index (χ3v) is 4.03. The average Bonchev–Trinajstić information content (AvgIpc) is 2.09. The largest absolute Gasteiger partial charge is 0.286 e. The first kappa shape index (κ1) is 15.8. The van der Waals surface area contributed by atoms with E-state index in [0.29, 0.717) is 25.7 Å². The molecule has 0 aromatic heterocycles. The SMILES string of the molecule is CCOS(=O)(=O)CCCCCCS(=O)(=O)O. The second-order valence-corrected chi connectivity index (χ2v) is 6.70. The van der Waals surface area contributed by atoms with Crippen LogP contribution in [0.5, 0.6) is 0 Å². The van der Waals surface area contributed by atoms with Crippen LogP contribution in [-0.4, -0.2) is 39.5 Å². The molecule has 0 unspecified atom stereocenters. The van der Waals surface area contributed by atoms with Crippen molar-refractivity contribution >= 4 is 20.2 Å². The van der Waals surface area contributed by atoms with Crippen molar-refractivity contribution in [2.75, 3.05) is 18.1 Å². The predicted molar refractivity (Wildman–Crippen MR) is 60.3 cm³/mol. The molecule has 0 spiro atoms. The minimum absolute atomic E-state index is 0.0489. The Morgan fingerprint density at radius 1 is 0.938 bits per heavy atom. The topological polar surface area (TPSA) is 97.7 Å². The summed E-state index contributed by atoms with van der Waals surface area (Å²) >= 11 is 0. The molecule has 1 N–H and O–H groups in total. The average molecular weight is 274 g/mol. The lowest BCUT2D eigenvalue weighted by molar-refractivity contribution is 0.337. The summed E-state index contributed by atoms with van der Waals surface area (Å²) in [5.41, 5.74) is 0. The van der Waals surface area contributed by atoms with Gasteiger partial charge in [0.05, 0.1) is 18.1 Å². The molecule has 0 saturated heterocycles. The van der Waals surface area contributed by atoms with Gasteiger partial charge in [0, 0.05) is 0 Å². The van der Waals surface area contributed by atoms with E-state index in [4.69, 9.17) is 4.55 Å². The molecule has 0 radical (unpaired) electrons. The van der Waals surface area contributed by atoms with Crippen LogP contribution in [-0.2, 0) is 24.4 Å². The van der Waals surface area contributed by atoms with E-state index in [-0.39, 0.29) is 18.1 Å². The summed E-state index contributed by atoms with van der Waals surface area (Å²) in [5, 5.41) is 0. The molecule has 16 heavy (non-hydrogen) atoms. The number of rotatable bonds is 9. The molecule has 0 aliphatic carbocycles. The Morgan fingerprint density at radius 2 is 1.44 bits per heavy atom. The molecular weight excluding hydrogens is 256 g/mol. The van der Waals surface area contributed by atoms with Crippen molar-refractivity contribution in [3.05, 3.63) is 0 Å². The Labute approximate surface area is 96.9 Å². The standard InChI is InChI=1S/C8H18O6S2/c1-2-14-16(12,13)8-6-4-3-5-7-15(9,10)11/h2-8H2,1H3,(H,9,10,11). The fourth-order valence-corrected chi connectivity index (χ4v) is 2.76. The molecule has 0 rings (SSSR count). The van der Waals surface area contributed by atoms with Crippen molar-refractivity contribution in [3.63, 3.8) is 0 Å². The van der Waals surface area contributed by atoms with Crippen molar-refractivity contribution in [3.8, 4) is 0 Å². The van der Waals surface area contributed by atoms with E-state index in [2.05, 4.69) is 4.18 Å². The Balaban J connectivity index is 3.55. The van der Waals surface area contributed by atoms with E-state index < -0.39 is 20.2 Å². The minimum atomic E-state index is -3.89. The zero-order valence-corrected chi connectivity index (χ0v) is 10.9. The van der Waals surface area contributed by atoms with Gasteiger partial charge in [0.15, 0.2) is 0 Å². The fraction of sp³-hybridized carbons (Fsp3) is 1.00. The summed E-state index contributed by atoms with van der Waals surface area (Å²) in [5.74, 6) is -0.322. The number of hydrogen-bond donors (Lipinski definition) is 1. The molecule has 0 aliphatic heterocycles. The van der Waals surface area contributed by atoms with Crippen molar-refractivity contribution in [1.82, 2.24) is 0 Å². The first-order chi connectivity index (χ1) is 7.27. The molecule has 0 amide bonds. The normalized spacial score (nSPS) is 12.9. The third-order valence-electron chi connectivity index (χ3n) is 1.84. The van der Waals surface area contributed by atoms with Gasteiger partial charge >= 0.3 is 0 Å². The first-order valence-electron chi connectivity index (χ1n) is 5.09. The lowest BCUT2D eigenvalue weighted by atomic mass is 10.2. The van der Waals surface area contributed by atoms with Crippen molar-refractivity contribution in [1.29, 1.82) is 0 Å². The van der Waals surface area contributed by atoms with Gasteiger partial charge in [0.25, 0.3) is 20.2 Å². The quantitative estimate of drug-likeness (QED) is 0.379. The summed E-state index contributed by atoms with van der Waals surface area (Å²) in [6.07, 6.45) is 1.95. The third kappa shape index (κ3) is 10.3. The van der Waals surface area contributed by atoms with E-state index in [0.717, 1.165) is 0 Å². The highest BCUT2D eigenvalue weighted by Crippen LogP contribution is 2.05. The zero-order valence-electron chi connectivity index (χ0n) is 9.25. The highest BCUT2D eigenvalue weighted by atomic mass is 32.2. The first-order valence-corrected chi connectivity index (χ1v) is 8.28. The molecule has 0 fully saturated rings. The van der Waals surface area contributed by atoms with Crippen LogP contribution in [0.1, 0.15) is 32.6 Å². The van der Waals surface area contributed by atoms with E-state index in [9.17, 15) is 16.8 Å². The van der Waals surface area contributed by atoms with Crippen LogP contribution in [0.3, 0.4) is 0 Å². The smallest absolute Gasteiger partial charge is 0.267 e. The van der Waals surface area contributed by atoms with E-state index in [1.54, 1.807) is 6.92 Å². The Morgan fingerprint density at radius 3 is 1.88 bits per heavy atom. The second kappa shape index (κ2) is 7.21. The highest BCUT2D eigenvalue weighted by Gasteiger charge is 2.09. The fourth-order valence-electron chi connectivity index (χ4n) is 1.16. The Kier molecular flexibility index (Phi) is 7.12. The van der Waals surface area contributed by atoms with E-state index >= 15 is 0 Å². The summed E-state index contributed by atoms with van der Waals surface area (Å²) in [6, 6.07) is 0. The highest BCUT2D eigenvalue weighted by molar-refractivity contribution is 7.86. The molecule has 0 aromatic carbocycles. The lowest BCUT2D eigenvalue weighted by Crippen LogP contribution is -2.10. The van der Waals surface area contributed by atoms with Crippen molar-refractivity contribution in [2.45, 2.75) is 32.6 Å². The molecule has 0 atom stereocenters. The van der Waals surface area contributed by atoms with Crippen LogP contribution >= 0.6 is 0 Å². The maximum Gasteiger partial charge on any atom is 0.267 e. The van der Waals surface area contributed by atoms with Gasteiger partial charge < -0.3 is 0 Å². The van der Waals surface area contributed by atoms with E-state index in [1.807, 2.05) is 0 Å². The van der Waals surface area contributed by atoms with Gasteiger partial charge in [-0.25, -0.2) is 0 Å².